The molecular formula is C20H30N6O3. The zero-order valence-electron chi connectivity index (χ0n) is 17.0. The highest BCUT2D eigenvalue weighted by atomic mass is 16.5. The van der Waals surface area contributed by atoms with E-state index in [4.69, 9.17) is 14.7 Å². The third kappa shape index (κ3) is 3.50. The van der Waals surface area contributed by atoms with Gasteiger partial charge in [0.25, 0.3) is 0 Å². The Morgan fingerprint density at radius 1 is 1.24 bits per heavy atom. The maximum Gasteiger partial charge on any atom is 0.407 e. The van der Waals surface area contributed by atoms with E-state index in [-0.39, 0.29) is 12.1 Å². The molecule has 4 aliphatic rings. The van der Waals surface area contributed by atoms with Crippen LogP contribution in [-0.4, -0.2) is 88.9 Å². The number of fused-ring (bicyclic) bond motifs is 3. The van der Waals surface area contributed by atoms with Crippen LogP contribution in [0, 0.1) is 0 Å². The molecule has 9 heteroatoms. The highest BCUT2D eigenvalue weighted by Gasteiger charge is 2.43. The van der Waals surface area contributed by atoms with E-state index < -0.39 is 6.09 Å². The Morgan fingerprint density at radius 2 is 2.03 bits per heavy atom. The lowest BCUT2D eigenvalue weighted by Gasteiger charge is -2.41. The van der Waals surface area contributed by atoms with E-state index in [1.54, 1.807) is 4.90 Å². The smallest absolute Gasteiger partial charge is 0.407 e. The average molecular weight is 402 g/mol. The molecule has 1 aromatic heterocycles. The maximum atomic E-state index is 11.6. The van der Waals surface area contributed by atoms with Crippen molar-refractivity contribution in [3.8, 4) is 6.01 Å². The number of likely N-dealkylation sites (N-methyl/N-ethyl adjacent to an activating group) is 1. The van der Waals surface area contributed by atoms with E-state index in [0.717, 1.165) is 56.8 Å². The number of nitrogens with zero attached hydrogens (tertiary/aromatic N) is 5. The summed E-state index contributed by atoms with van der Waals surface area (Å²) in [7, 11) is 2.14. The zero-order valence-corrected chi connectivity index (χ0v) is 17.0. The third-order valence-electron chi connectivity index (χ3n) is 6.97. The molecule has 29 heavy (non-hydrogen) atoms. The lowest BCUT2D eigenvalue weighted by atomic mass is 10.1. The summed E-state index contributed by atoms with van der Waals surface area (Å²) in [6, 6.07) is 0.979. The van der Waals surface area contributed by atoms with Crippen molar-refractivity contribution in [3.05, 3.63) is 11.3 Å². The van der Waals surface area contributed by atoms with Crippen molar-refractivity contribution in [1.82, 2.24) is 25.1 Å². The molecule has 9 nitrogen and oxygen atoms in total. The zero-order chi connectivity index (χ0) is 20.0. The number of amides is 1. The number of carboxylic acid groups (broad SMARTS) is 1. The highest BCUT2D eigenvalue weighted by Crippen LogP contribution is 2.35. The van der Waals surface area contributed by atoms with E-state index in [2.05, 4.69) is 22.2 Å². The molecule has 0 aromatic carbocycles. The van der Waals surface area contributed by atoms with Crippen LogP contribution in [0.1, 0.15) is 36.9 Å². The fraction of sp³-hybridized carbons (Fsp3) is 0.750. The van der Waals surface area contributed by atoms with Crippen LogP contribution in [0.5, 0.6) is 6.01 Å². The largest absolute Gasteiger partial charge is 0.465 e. The van der Waals surface area contributed by atoms with Crippen molar-refractivity contribution in [3.63, 3.8) is 0 Å². The number of aromatic nitrogens is 2. The van der Waals surface area contributed by atoms with Crippen LogP contribution >= 0.6 is 0 Å². The second-order valence-corrected chi connectivity index (χ2v) is 8.75. The van der Waals surface area contributed by atoms with Crippen molar-refractivity contribution in [2.75, 3.05) is 44.7 Å². The molecule has 2 N–H and O–H groups in total. The molecule has 1 aromatic rings. The van der Waals surface area contributed by atoms with E-state index in [1.165, 1.54) is 12.0 Å². The minimum absolute atomic E-state index is 0.0510. The Bertz CT molecular complexity index is 776. The van der Waals surface area contributed by atoms with Crippen LogP contribution in [0.25, 0.3) is 0 Å². The Balaban J connectivity index is 1.39. The van der Waals surface area contributed by atoms with Crippen molar-refractivity contribution >= 4 is 11.9 Å². The summed E-state index contributed by atoms with van der Waals surface area (Å²) in [5, 5.41) is 13.0. The van der Waals surface area contributed by atoms with Gasteiger partial charge in [-0.1, -0.05) is 0 Å². The summed E-state index contributed by atoms with van der Waals surface area (Å²) in [5.41, 5.74) is 2.21. The Kier molecular flexibility index (Phi) is 4.95. The first-order valence-electron chi connectivity index (χ1n) is 10.8. The minimum Gasteiger partial charge on any atom is -0.465 e. The van der Waals surface area contributed by atoms with Gasteiger partial charge in [0.15, 0.2) is 0 Å². The molecule has 5 rings (SSSR count). The summed E-state index contributed by atoms with van der Waals surface area (Å²) >= 11 is 0. The average Bonchev–Trinajstić information content (AvgIpc) is 3.25. The minimum atomic E-state index is -0.796. The van der Waals surface area contributed by atoms with Gasteiger partial charge in [-0.3, -0.25) is 4.90 Å². The molecule has 3 fully saturated rings. The second-order valence-electron chi connectivity index (χ2n) is 8.75. The number of nitrogens with one attached hydrogen (secondary N) is 1. The Morgan fingerprint density at radius 3 is 2.72 bits per heavy atom. The number of ether oxygens (including phenoxy) is 1. The maximum absolute atomic E-state index is 11.6. The van der Waals surface area contributed by atoms with Crippen molar-refractivity contribution in [1.29, 1.82) is 0 Å². The number of hydrogen-bond donors (Lipinski definition) is 2. The van der Waals surface area contributed by atoms with Crippen LogP contribution in [0.15, 0.2) is 0 Å². The summed E-state index contributed by atoms with van der Waals surface area (Å²) in [6.07, 6.45) is 4.32. The van der Waals surface area contributed by atoms with Gasteiger partial charge in [-0.25, -0.2) is 4.79 Å². The number of rotatable bonds is 4. The van der Waals surface area contributed by atoms with Crippen LogP contribution in [-0.2, 0) is 13.0 Å². The van der Waals surface area contributed by atoms with Crippen molar-refractivity contribution in [2.45, 2.75) is 56.8 Å². The molecule has 3 saturated heterocycles. The van der Waals surface area contributed by atoms with Crippen molar-refractivity contribution in [2.24, 2.45) is 0 Å². The van der Waals surface area contributed by atoms with Crippen LogP contribution in [0.3, 0.4) is 0 Å². The first-order valence-corrected chi connectivity index (χ1v) is 10.8. The van der Waals surface area contributed by atoms with Gasteiger partial charge in [-0.15, -0.1) is 0 Å². The van der Waals surface area contributed by atoms with E-state index >= 15 is 0 Å². The SMILES string of the molecule is CN1CCC[C@@H]1COc1nc2c(c(N3C[C@H]4CC[C@H](C3)N4C(=O)O)n1)CCNC2. The van der Waals surface area contributed by atoms with Gasteiger partial charge in [0, 0.05) is 31.2 Å². The number of carbonyl (C=O) groups is 1. The van der Waals surface area contributed by atoms with Gasteiger partial charge in [-0.05, 0) is 52.2 Å². The molecule has 5 heterocycles. The molecule has 0 spiro atoms. The monoisotopic (exact) mass is 402 g/mol. The summed E-state index contributed by atoms with van der Waals surface area (Å²) in [5.74, 6) is 0.952. The molecule has 0 radical (unpaired) electrons. The predicted molar refractivity (Wildman–Crippen MR) is 107 cm³/mol. The van der Waals surface area contributed by atoms with Gasteiger partial charge in [0.2, 0.25) is 0 Å². The van der Waals surface area contributed by atoms with Gasteiger partial charge in [0.05, 0.1) is 17.8 Å². The summed E-state index contributed by atoms with van der Waals surface area (Å²) in [6.45, 7) is 4.77. The molecule has 1 amide bonds. The third-order valence-corrected chi connectivity index (χ3v) is 6.97. The first-order chi connectivity index (χ1) is 14.1. The summed E-state index contributed by atoms with van der Waals surface area (Å²) < 4.78 is 6.06. The highest BCUT2D eigenvalue weighted by molar-refractivity contribution is 5.67. The lowest BCUT2D eigenvalue weighted by molar-refractivity contribution is 0.114. The predicted octanol–water partition coefficient (Wildman–Crippen LogP) is 0.926. The fourth-order valence-corrected chi connectivity index (χ4v) is 5.39. The van der Waals surface area contributed by atoms with E-state index in [1.807, 2.05) is 0 Å². The molecular weight excluding hydrogens is 372 g/mol. The Hall–Kier alpha value is -2.13. The molecule has 4 aliphatic heterocycles. The number of anilines is 1. The van der Waals surface area contributed by atoms with Crippen LogP contribution in [0.4, 0.5) is 10.6 Å². The molecule has 3 atom stereocenters. The normalized spacial score (nSPS) is 29.2. The lowest BCUT2D eigenvalue weighted by Crippen LogP contribution is -2.56. The Labute approximate surface area is 171 Å². The molecule has 158 valence electrons. The van der Waals surface area contributed by atoms with Gasteiger partial charge >= 0.3 is 12.1 Å². The number of likely N-dealkylation sites (tertiary alicyclic amines) is 1. The van der Waals surface area contributed by atoms with Gasteiger partial charge < -0.3 is 25.0 Å². The standard InChI is InChI=1S/C20H30N6O3/c1-24-8-2-3-15(24)12-29-19-22-17-9-21-7-6-16(17)18(23-19)25-10-13-4-5-14(11-25)26(13)20(27)28/h13-15,21H,2-12H2,1H3,(H,27,28)/t13-,14-,15-/m1/s1. The molecule has 0 saturated carbocycles. The number of hydrogen-bond acceptors (Lipinski definition) is 7. The van der Waals surface area contributed by atoms with Crippen LogP contribution in [0.2, 0.25) is 0 Å². The van der Waals surface area contributed by atoms with Gasteiger partial charge in [0.1, 0.15) is 12.4 Å². The molecule has 2 bridgehead atoms. The van der Waals surface area contributed by atoms with Crippen LogP contribution < -0.4 is 15.0 Å². The molecule has 0 unspecified atom stereocenters. The van der Waals surface area contributed by atoms with Crippen molar-refractivity contribution < 1.29 is 14.6 Å². The second kappa shape index (κ2) is 7.60. The van der Waals surface area contributed by atoms with E-state index in [9.17, 15) is 9.90 Å². The topological polar surface area (TPSA) is 94.1 Å². The van der Waals surface area contributed by atoms with Gasteiger partial charge in [-0.2, -0.15) is 9.97 Å². The summed E-state index contributed by atoms with van der Waals surface area (Å²) in [4.78, 5) is 27.4. The number of piperazine rings is 1. The fourth-order valence-electron chi connectivity index (χ4n) is 5.39. The first kappa shape index (κ1) is 18.9. The quantitative estimate of drug-likeness (QED) is 0.768. The molecule has 0 aliphatic carbocycles. The van der Waals surface area contributed by atoms with E-state index in [0.29, 0.717) is 31.7 Å².